The molecule has 1 aliphatic heterocycles. The van der Waals surface area contributed by atoms with Crippen LogP contribution in [0.5, 0.6) is 5.75 Å². The first-order valence-corrected chi connectivity index (χ1v) is 9.01. The lowest BCUT2D eigenvalue weighted by Gasteiger charge is -2.18. The number of hydrogen-bond acceptors (Lipinski definition) is 4. The van der Waals surface area contributed by atoms with Gasteiger partial charge in [-0.3, -0.25) is 14.4 Å². The molecule has 0 aromatic heterocycles. The Morgan fingerprint density at radius 3 is 2.64 bits per heavy atom. The highest BCUT2D eigenvalue weighted by Gasteiger charge is 2.19. The Hall–Kier alpha value is -2.37. The van der Waals surface area contributed by atoms with Crippen molar-refractivity contribution in [1.29, 1.82) is 0 Å². The van der Waals surface area contributed by atoms with Crippen LogP contribution >= 0.6 is 0 Å². The summed E-state index contributed by atoms with van der Waals surface area (Å²) >= 11 is 0. The number of benzene rings is 1. The van der Waals surface area contributed by atoms with Crippen LogP contribution in [0.2, 0.25) is 0 Å². The number of hydrogen-bond donors (Lipinski definition) is 2. The van der Waals surface area contributed by atoms with Crippen molar-refractivity contribution in [2.24, 2.45) is 0 Å². The third kappa shape index (κ3) is 4.81. The molecule has 25 heavy (non-hydrogen) atoms. The summed E-state index contributed by atoms with van der Waals surface area (Å²) in [5.41, 5.74) is 0.983. The van der Waals surface area contributed by atoms with Gasteiger partial charge < -0.3 is 15.4 Å². The van der Waals surface area contributed by atoms with Gasteiger partial charge in [0, 0.05) is 24.4 Å². The number of anilines is 1. The number of ketones is 1. The quantitative estimate of drug-likeness (QED) is 0.635. The summed E-state index contributed by atoms with van der Waals surface area (Å²) < 4.78 is 5.28. The van der Waals surface area contributed by atoms with E-state index < -0.39 is 0 Å². The summed E-state index contributed by atoms with van der Waals surface area (Å²) in [4.78, 5) is 35.8. The van der Waals surface area contributed by atoms with E-state index in [0.717, 1.165) is 25.7 Å². The van der Waals surface area contributed by atoms with E-state index in [0.29, 0.717) is 17.0 Å². The second-order valence-corrected chi connectivity index (χ2v) is 6.73. The van der Waals surface area contributed by atoms with Gasteiger partial charge >= 0.3 is 0 Å². The average molecular weight is 344 g/mol. The van der Waals surface area contributed by atoms with Crippen molar-refractivity contribution in [2.45, 2.75) is 57.4 Å². The molecular formula is C19H24N2O4. The predicted octanol–water partition coefficient (Wildman–Crippen LogP) is 2.82. The van der Waals surface area contributed by atoms with Crippen molar-refractivity contribution in [3.05, 3.63) is 23.8 Å². The van der Waals surface area contributed by atoms with Crippen molar-refractivity contribution in [3.8, 4) is 5.75 Å². The number of carbonyl (C=O) groups excluding carboxylic acids is 3. The zero-order chi connectivity index (χ0) is 17.6. The summed E-state index contributed by atoms with van der Waals surface area (Å²) in [5.74, 6) is 0.149. The molecule has 2 aliphatic rings. The lowest BCUT2D eigenvalue weighted by molar-refractivity contribution is -0.122. The van der Waals surface area contributed by atoms with Gasteiger partial charge in [-0.05, 0) is 31.0 Å². The first-order valence-electron chi connectivity index (χ1n) is 9.01. The molecule has 0 saturated heterocycles. The predicted molar refractivity (Wildman–Crippen MR) is 93.8 cm³/mol. The normalized spacial score (nSPS) is 17.7. The lowest BCUT2D eigenvalue weighted by atomic mass is 10.0. The van der Waals surface area contributed by atoms with Crippen molar-refractivity contribution in [1.82, 2.24) is 5.32 Å². The molecule has 1 aliphatic carbocycles. The van der Waals surface area contributed by atoms with Crippen LogP contribution < -0.4 is 15.4 Å². The molecule has 1 aromatic rings. The van der Waals surface area contributed by atoms with Gasteiger partial charge in [-0.2, -0.15) is 0 Å². The SMILES string of the molecule is O=C1COc2ccc(C(=O)CCC(=O)NC3CCCCCC3)cc2N1. The first kappa shape index (κ1) is 17.5. The number of carbonyl (C=O) groups is 3. The zero-order valence-electron chi connectivity index (χ0n) is 14.3. The van der Waals surface area contributed by atoms with E-state index >= 15 is 0 Å². The summed E-state index contributed by atoms with van der Waals surface area (Å²) in [7, 11) is 0. The fourth-order valence-electron chi connectivity index (χ4n) is 3.35. The Morgan fingerprint density at radius 2 is 1.88 bits per heavy atom. The van der Waals surface area contributed by atoms with E-state index in [9.17, 15) is 14.4 Å². The Morgan fingerprint density at radius 1 is 1.12 bits per heavy atom. The van der Waals surface area contributed by atoms with Crippen molar-refractivity contribution >= 4 is 23.3 Å². The van der Waals surface area contributed by atoms with Crippen LogP contribution in [0.3, 0.4) is 0 Å². The summed E-state index contributed by atoms with van der Waals surface area (Å²) in [6, 6.07) is 5.20. The van der Waals surface area contributed by atoms with Crippen molar-refractivity contribution < 1.29 is 19.1 Å². The first-order chi connectivity index (χ1) is 12.1. The van der Waals surface area contributed by atoms with Crippen LogP contribution in [-0.4, -0.2) is 30.2 Å². The third-order valence-electron chi connectivity index (χ3n) is 4.73. The molecule has 134 valence electrons. The Bertz CT molecular complexity index is 663. The molecule has 0 unspecified atom stereocenters. The van der Waals surface area contributed by atoms with Gasteiger partial charge in [0.25, 0.3) is 5.91 Å². The minimum atomic E-state index is -0.236. The summed E-state index contributed by atoms with van der Waals surface area (Å²) in [5, 5.41) is 5.74. The highest BCUT2D eigenvalue weighted by atomic mass is 16.5. The van der Waals surface area contributed by atoms with E-state index in [2.05, 4.69) is 10.6 Å². The smallest absolute Gasteiger partial charge is 0.262 e. The highest BCUT2D eigenvalue weighted by Crippen LogP contribution is 2.29. The maximum Gasteiger partial charge on any atom is 0.262 e. The molecule has 0 bridgehead atoms. The number of rotatable bonds is 5. The van der Waals surface area contributed by atoms with E-state index in [1.165, 1.54) is 12.8 Å². The molecule has 1 saturated carbocycles. The van der Waals surface area contributed by atoms with Gasteiger partial charge in [0.05, 0.1) is 5.69 Å². The van der Waals surface area contributed by atoms with Gasteiger partial charge in [0.15, 0.2) is 12.4 Å². The Balaban J connectivity index is 1.51. The van der Waals surface area contributed by atoms with Crippen molar-refractivity contribution in [2.75, 3.05) is 11.9 Å². The van der Waals surface area contributed by atoms with Gasteiger partial charge in [0.1, 0.15) is 5.75 Å². The maximum atomic E-state index is 12.3. The number of fused-ring (bicyclic) bond motifs is 1. The average Bonchev–Trinajstić information content (AvgIpc) is 2.87. The largest absolute Gasteiger partial charge is 0.482 e. The third-order valence-corrected chi connectivity index (χ3v) is 4.73. The van der Waals surface area contributed by atoms with E-state index in [1.54, 1.807) is 18.2 Å². The van der Waals surface area contributed by atoms with E-state index in [-0.39, 0.29) is 43.1 Å². The minimum absolute atomic E-state index is 0.0123. The fourth-order valence-corrected chi connectivity index (χ4v) is 3.35. The van der Waals surface area contributed by atoms with Crippen LogP contribution in [-0.2, 0) is 9.59 Å². The highest BCUT2D eigenvalue weighted by molar-refractivity contribution is 6.01. The lowest BCUT2D eigenvalue weighted by Crippen LogP contribution is -2.34. The molecule has 6 heteroatoms. The second kappa shape index (κ2) is 8.14. The number of Topliss-reactive ketones (excluding diaryl/α,β-unsaturated/α-hetero) is 1. The molecule has 1 heterocycles. The number of ether oxygens (including phenoxy) is 1. The summed E-state index contributed by atoms with van der Waals surface area (Å²) in [6.07, 6.45) is 7.21. The maximum absolute atomic E-state index is 12.3. The molecule has 2 amide bonds. The second-order valence-electron chi connectivity index (χ2n) is 6.73. The molecule has 1 fully saturated rings. The van der Waals surface area contributed by atoms with E-state index in [1.807, 2.05) is 0 Å². The van der Waals surface area contributed by atoms with Crippen LogP contribution in [0.15, 0.2) is 18.2 Å². The van der Waals surface area contributed by atoms with Gasteiger partial charge in [-0.15, -0.1) is 0 Å². The standard InChI is InChI=1S/C19H24N2O4/c22-16(8-10-18(23)20-14-5-3-1-2-4-6-14)13-7-9-17-15(11-13)21-19(24)12-25-17/h7,9,11,14H,1-6,8,10,12H2,(H,20,23)(H,21,24). The number of nitrogens with one attached hydrogen (secondary N) is 2. The Labute approximate surface area is 147 Å². The van der Waals surface area contributed by atoms with Crippen LogP contribution in [0, 0.1) is 0 Å². The molecule has 3 rings (SSSR count). The molecule has 2 N–H and O–H groups in total. The van der Waals surface area contributed by atoms with Gasteiger partial charge in [-0.25, -0.2) is 0 Å². The molecule has 0 spiro atoms. The Kier molecular flexibility index (Phi) is 5.68. The zero-order valence-corrected chi connectivity index (χ0v) is 14.3. The van der Waals surface area contributed by atoms with Crippen LogP contribution in [0.1, 0.15) is 61.7 Å². The molecule has 0 atom stereocenters. The van der Waals surface area contributed by atoms with Gasteiger partial charge in [0.2, 0.25) is 5.91 Å². The van der Waals surface area contributed by atoms with E-state index in [4.69, 9.17) is 4.74 Å². The van der Waals surface area contributed by atoms with Gasteiger partial charge in [-0.1, -0.05) is 25.7 Å². The topological polar surface area (TPSA) is 84.5 Å². The monoisotopic (exact) mass is 344 g/mol. The summed E-state index contributed by atoms with van der Waals surface area (Å²) in [6.45, 7) is -0.0123. The molecule has 6 nitrogen and oxygen atoms in total. The molecule has 0 radical (unpaired) electrons. The minimum Gasteiger partial charge on any atom is -0.482 e. The number of amides is 2. The van der Waals surface area contributed by atoms with Crippen LogP contribution in [0.25, 0.3) is 0 Å². The fraction of sp³-hybridized carbons (Fsp3) is 0.526. The molecular weight excluding hydrogens is 320 g/mol. The van der Waals surface area contributed by atoms with Crippen LogP contribution in [0.4, 0.5) is 5.69 Å². The molecule has 1 aromatic carbocycles. The van der Waals surface area contributed by atoms with Crippen molar-refractivity contribution in [3.63, 3.8) is 0 Å².